The van der Waals surface area contributed by atoms with Crippen LogP contribution in [0.3, 0.4) is 0 Å². The summed E-state index contributed by atoms with van der Waals surface area (Å²) in [6.07, 6.45) is 1.04. The molecule has 2 N–H and O–H groups in total. The summed E-state index contributed by atoms with van der Waals surface area (Å²) in [5, 5.41) is 10.3. The van der Waals surface area contributed by atoms with Crippen molar-refractivity contribution in [1.82, 2.24) is 5.32 Å². The van der Waals surface area contributed by atoms with Gasteiger partial charge in [-0.1, -0.05) is 0 Å². The van der Waals surface area contributed by atoms with Gasteiger partial charge in [0, 0.05) is 6.08 Å². The Labute approximate surface area is 72.2 Å². The van der Waals surface area contributed by atoms with Gasteiger partial charge in [0.1, 0.15) is 0 Å². The number of aliphatic carboxylic acids is 1. The topological polar surface area (TPSA) is 96.0 Å². The number of morpholine rings is 1. The molecule has 0 radical (unpaired) electrons. The van der Waals surface area contributed by atoms with Gasteiger partial charge in [-0.2, -0.15) is 0 Å². The van der Waals surface area contributed by atoms with Crippen molar-refractivity contribution in [3.05, 3.63) is 12.2 Å². The van der Waals surface area contributed by atoms with E-state index in [0.717, 1.165) is 12.2 Å². The van der Waals surface area contributed by atoms with E-state index < -0.39 is 29.5 Å². The summed E-state index contributed by atoms with van der Waals surface area (Å²) in [6, 6.07) is 0. The standard InChI is InChI=1S/C7H5NO5/c9-3(10)1-2-7-4(13-7)5(11)8-6(7)12/h1-2,4H,(H,9,10)(H,8,11,12). The third-order valence-electron chi connectivity index (χ3n) is 1.95. The SMILES string of the molecule is O=C(O)C=CC12OC1C(=O)NC2=O. The van der Waals surface area contributed by atoms with Crippen LogP contribution in [0, 0.1) is 0 Å². The van der Waals surface area contributed by atoms with Crippen LogP contribution in [0.2, 0.25) is 0 Å². The van der Waals surface area contributed by atoms with Crippen LogP contribution in [0.15, 0.2) is 12.2 Å². The van der Waals surface area contributed by atoms with E-state index in [0.29, 0.717) is 0 Å². The van der Waals surface area contributed by atoms with Crippen LogP contribution >= 0.6 is 0 Å². The molecular weight excluding hydrogens is 178 g/mol. The fourth-order valence-corrected chi connectivity index (χ4v) is 1.25. The second-order valence-corrected chi connectivity index (χ2v) is 2.78. The maximum Gasteiger partial charge on any atom is 0.328 e. The molecule has 0 aromatic rings. The third-order valence-corrected chi connectivity index (χ3v) is 1.95. The molecule has 13 heavy (non-hydrogen) atoms. The molecule has 0 aromatic heterocycles. The number of carboxylic acid groups (broad SMARTS) is 1. The van der Waals surface area contributed by atoms with E-state index in [1.54, 1.807) is 0 Å². The highest BCUT2D eigenvalue weighted by Gasteiger charge is 2.70. The largest absolute Gasteiger partial charge is 0.478 e. The minimum Gasteiger partial charge on any atom is -0.478 e. The van der Waals surface area contributed by atoms with Crippen LogP contribution in [0.25, 0.3) is 0 Å². The van der Waals surface area contributed by atoms with E-state index >= 15 is 0 Å². The maximum atomic E-state index is 11.1. The molecule has 2 amide bonds. The molecule has 6 nitrogen and oxygen atoms in total. The number of fused-ring (bicyclic) bond motifs is 1. The van der Waals surface area contributed by atoms with E-state index in [1.807, 2.05) is 5.32 Å². The van der Waals surface area contributed by atoms with Crippen molar-refractivity contribution in [1.29, 1.82) is 0 Å². The number of rotatable bonds is 2. The van der Waals surface area contributed by atoms with Crippen LogP contribution < -0.4 is 5.32 Å². The van der Waals surface area contributed by atoms with Gasteiger partial charge in [0.05, 0.1) is 0 Å². The lowest BCUT2D eigenvalue weighted by Crippen LogP contribution is -2.31. The summed E-state index contributed by atoms with van der Waals surface area (Å²) >= 11 is 0. The van der Waals surface area contributed by atoms with Gasteiger partial charge in [0.25, 0.3) is 11.8 Å². The fraction of sp³-hybridized carbons (Fsp3) is 0.286. The molecule has 0 aromatic carbocycles. The summed E-state index contributed by atoms with van der Waals surface area (Å²) < 4.78 is 4.80. The molecule has 2 fully saturated rings. The van der Waals surface area contributed by atoms with Gasteiger partial charge >= 0.3 is 5.97 Å². The number of hydrogen-bond acceptors (Lipinski definition) is 4. The average Bonchev–Trinajstić information content (AvgIpc) is 2.71. The molecule has 2 aliphatic rings. The Bertz CT molecular complexity index is 347. The highest BCUT2D eigenvalue weighted by Crippen LogP contribution is 2.42. The Balaban J connectivity index is 2.21. The number of hydrogen-bond donors (Lipinski definition) is 2. The van der Waals surface area contributed by atoms with Crippen LogP contribution in [-0.2, 0) is 19.1 Å². The fourth-order valence-electron chi connectivity index (χ4n) is 1.25. The third kappa shape index (κ3) is 0.955. The molecule has 0 aliphatic carbocycles. The summed E-state index contributed by atoms with van der Waals surface area (Å²) in [5.41, 5.74) is -1.34. The van der Waals surface area contributed by atoms with E-state index in [2.05, 4.69) is 0 Å². The van der Waals surface area contributed by atoms with Gasteiger partial charge in [-0.3, -0.25) is 14.9 Å². The van der Waals surface area contributed by atoms with Crippen molar-refractivity contribution in [2.45, 2.75) is 11.7 Å². The van der Waals surface area contributed by atoms with Crippen LogP contribution in [0.4, 0.5) is 0 Å². The summed E-state index contributed by atoms with van der Waals surface area (Å²) in [5.74, 6) is -2.30. The molecule has 6 heteroatoms. The minimum atomic E-state index is -1.34. The molecule has 2 aliphatic heterocycles. The highest BCUT2D eigenvalue weighted by molar-refractivity contribution is 6.15. The zero-order chi connectivity index (χ0) is 9.64. The van der Waals surface area contributed by atoms with Gasteiger partial charge in [0.2, 0.25) is 5.60 Å². The Morgan fingerprint density at radius 1 is 1.62 bits per heavy atom. The number of nitrogens with one attached hydrogen (secondary N) is 1. The van der Waals surface area contributed by atoms with Gasteiger partial charge in [0.15, 0.2) is 6.10 Å². The first-order valence-corrected chi connectivity index (χ1v) is 3.51. The number of carbonyl (C=O) groups is 3. The molecule has 0 bridgehead atoms. The van der Waals surface area contributed by atoms with Gasteiger partial charge < -0.3 is 9.84 Å². The first-order chi connectivity index (χ1) is 6.06. The number of imide groups is 1. The first kappa shape index (κ1) is 7.93. The van der Waals surface area contributed by atoms with E-state index in [-0.39, 0.29) is 0 Å². The lowest BCUT2D eigenvalue weighted by atomic mass is 10.1. The number of epoxide rings is 1. The molecule has 2 saturated heterocycles. The molecule has 2 unspecified atom stereocenters. The Morgan fingerprint density at radius 2 is 2.31 bits per heavy atom. The molecule has 68 valence electrons. The van der Waals surface area contributed by atoms with Crippen molar-refractivity contribution >= 4 is 17.8 Å². The van der Waals surface area contributed by atoms with Crippen molar-refractivity contribution in [2.24, 2.45) is 0 Å². The number of carboxylic acids is 1. The van der Waals surface area contributed by atoms with Gasteiger partial charge in [-0.05, 0) is 6.08 Å². The number of carbonyl (C=O) groups excluding carboxylic acids is 2. The van der Waals surface area contributed by atoms with Crippen molar-refractivity contribution in [3.8, 4) is 0 Å². The predicted molar refractivity (Wildman–Crippen MR) is 37.5 cm³/mol. The summed E-state index contributed by atoms with van der Waals surface area (Å²) in [4.78, 5) is 32.0. The molecule has 0 saturated carbocycles. The van der Waals surface area contributed by atoms with Crippen LogP contribution in [-0.4, -0.2) is 34.6 Å². The Hall–Kier alpha value is -1.69. The number of amides is 2. The van der Waals surface area contributed by atoms with E-state index in [1.165, 1.54) is 0 Å². The Morgan fingerprint density at radius 3 is 2.69 bits per heavy atom. The normalized spacial score (nSPS) is 36.2. The average molecular weight is 183 g/mol. The van der Waals surface area contributed by atoms with Gasteiger partial charge in [-0.25, -0.2) is 4.79 Å². The highest BCUT2D eigenvalue weighted by atomic mass is 16.6. The predicted octanol–water partition coefficient (Wildman–Crippen LogP) is -1.58. The minimum absolute atomic E-state index is 0.514. The maximum absolute atomic E-state index is 11.1. The van der Waals surface area contributed by atoms with Crippen molar-refractivity contribution in [2.75, 3.05) is 0 Å². The zero-order valence-electron chi connectivity index (χ0n) is 6.31. The van der Waals surface area contributed by atoms with Gasteiger partial charge in [-0.15, -0.1) is 0 Å². The van der Waals surface area contributed by atoms with Crippen LogP contribution in [0.1, 0.15) is 0 Å². The Kier molecular flexibility index (Phi) is 1.32. The lowest BCUT2D eigenvalue weighted by molar-refractivity contribution is -0.132. The molecule has 0 spiro atoms. The quantitative estimate of drug-likeness (QED) is 0.306. The van der Waals surface area contributed by atoms with Crippen molar-refractivity contribution in [3.63, 3.8) is 0 Å². The summed E-state index contributed by atoms with van der Waals surface area (Å²) in [6.45, 7) is 0. The van der Waals surface area contributed by atoms with E-state index in [4.69, 9.17) is 9.84 Å². The van der Waals surface area contributed by atoms with Crippen LogP contribution in [0.5, 0.6) is 0 Å². The van der Waals surface area contributed by atoms with E-state index in [9.17, 15) is 14.4 Å². The molecule has 2 atom stereocenters. The van der Waals surface area contributed by atoms with Crippen molar-refractivity contribution < 1.29 is 24.2 Å². The first-order valence-electron chi connectivity index (χ1n) is 3.51. The molecule has 2 heterocycles. The smallest absolute Gasteiger partial charge is 0.328 e. The number of ether oxygens (including phenoxy) is 1. The molecule has 2 rings (SSSR count). The lowest BCUT2D eigenvalue weighted by Gasteiger charge is -1.97. The second kappa shape index (κ2) is 2.17. The zero-order valence-corrected chi connectivity index (χ0v) is 6.31. The summed E-state index contributed by atoms with van der Waals surface area (Å²) in [7, 11) is 0. The second-order valence-electron chi connectivity index (χ2n) is 2.78. The monoisotopic (exact) mass is 183 g/mol. The molecular formula is C7H5NO5.